The third-order valence-electron chi connectivity index (χ3n) is 3.48. The molecule has 18 heavy (non-hydrogen) atoms. The highest BCUT2D eigenvalue weighted by Crippen LogP contribution is 2.41. The van der Waals surface area contributed by atoms with Gasteiger partial charge in [-0.15, -0.1) is 0 Å². The fourth-order valence-corrected chi connectivity index (χ4v) is 2.59. The molecule has 0 aliphatic carbocycles. The van der Waals surface area contributed by atoms with Gasteiger partial charge in [0.05, 0.1) is 5.92 Å². The highest BCUT2D eigenvalue weighted by Gasteiger charge is 2.29. The number of hydrogen-bond donors (Lipinski definition) is 1. The number of carbonyl (C=O) groups is 1. The van der Waals surface area contributed by atoms with Gasteiger partial charge >= 0.3 is 0 Å². The number of benzene rings is 2. The quantitative estimate of drug-likeness (QED) is 0.859. The summed E-state index contributed by atoms with van der Waals surface area (Å²) in [4.78, 5) is 12.3. The third kappa shape index (κ3) is 1.61. The SMILES string of the molecule is CCC(=O)C1c2ccccc2Nc2ccccc21. The summed E-state index contributed by atoms with van der Waals surface area (Å²) in [6, 6.07) is 16.1. The molecule has 90 valence electrons. The molecule has 0 amide bonds. The van der Waals surface area contributed by atoms with Crippen molar-refractivity contribution in [3.05, 3.63) is 59.7 Å². The molecule has 2 heteroatoms. The molecule has 0 radical (unpaired) electrons. The van der Waals surface area contributed by atoms with E-state index in [1.807, 2.05) is 55.5 Å². The predicted molar refractivity (Wildman–Crippen MR) is 73.3 cm³/mol. The number of rotatable bonds is 2. The molecule has 3 rings (SSSR count). The first kappa shape index (κ1) is 11.0. The van der Waals surface area contributed by atoms with Crippen molar-refractivity contribution in [1.29, 1.82) is 0 Å². The molecule has 2 aromatic carbocycles. The Morgan fingerprint density at radius 1 is 1.00 bits per heavy atom. The van der Waals surface area contributed by atoms with Crippen molar-refractivity contribution in [3.63, 3.8) is 0 Å². The maximum atomic E-state index is 12.3. The summed E-state index contributed by atoms with van der Waals surface area (Å²) in [5.74, 6) is 0.153. The fourth-order valence-electron chi connectivity index (χ4n) is 2.59. The Kier molecular flexibility index (Phi) is 2.63. The standard InChI is InChI=1S/C16H15NO/c1-2-15(18)16-11-7-3-5-9-13(11)17-14-10-6-4-8-12(14)16/h3-10,16-17H,2H2,1H3. The van der Waals surface area contributed by atoms with E-state index in [1.165, 1.54) is 0 Å². The molecule has 0 atom stereocenters. The zero-order valence-corrected chi connectivity index (χ0v) is 10.3. The molecule has 0 saturated heterocycles. The Balaban J connectivity index is 2.20. The second kappa shape index (κ2) is 4.30. The van der Waals surface area contributed by atoms with Gasteiger partial charge in [-0.2, -0.15) is 0 Å². The van der Waals surface area contributed by atoms with Gasteiger partial charge in [-0.1, -0.05) is 43.3 Å². The van der Waals surface area contributed by atoms with Crippen molar-refractivity contribution in [1.82, 2.24) is 0 Å². The van der Waals surface area contributed by atoms with Crippen LogP contribution in [0.2, 0.25) is 0 Å². The number of anilines is 2. The zero-order valence-electron chi connectivity index (χ0n) is 10.3. The van der Waals surface area contributed by atoms with E-state index in [2.05, 4.69) is 5.32 Å². The monoisotopic (exact) mass is 237 g/mol. The largest absolute Gasteiger partial charge is 0.355 e. The second-order valence-corrected chi connectivity index (χ2v) is 4.55. The minimum Gasteiger partial charge on any atom is -0.355 e. The summed E-state index contributed by atoms with van der Waals surface area (Å²) in [5, 5.41) is 3.40. The molecule has 1 heterocycles. The van der Waals surface area contributed by atoms with Crippen LogP contribution in [0.1, 0.15) is 30.4 Å². The summed E-state index contributed by atoms with van der Waals surface area (Å²) in [5.41, 5.74) is 4.26. The maximum absolute atomic E-state index is 12.3. The summed E-state index contributed by atoms with van der Waals surface area (Å²) in [7, 11) is 0. The van der Waals surface area contributed by atoms with E-state index in [0.29, 0.717) is 6.42 Å². The van der Waals surface area contributed by atoms with Crippen LogP contribution in [0.15, 0.2) is 48.5 Å². The van der Waals surface area contributed by atoms with Crippen molar-refractivity contribution in [3.8, 4) is 0 Å². The minimum atomic E-state index is -0.122. The van der Waals surface area contributed by atoms with Crippen LogP contribution < -0.4 is 5.32 Å². The maximum Gasteiger partial charge on any atom is 0.144 e. The summed E-state index contributed by atoms with van der Waals surface area (Å²) in [6.45, 7) is 1.93. The number of carbonyl (C=O) groups excluding carboxylic acids is 1. The van der Waals surface area contributed by atoms with Crippen molar-refractivity contribution in [2.24, 2.45) is 0 Å². The van der Waals surface area contributed by atoms with Gasteiger partial charge in [-0.3, -0.25) is 4.79 Å². The van der Waals surface area contributed by atoms with Crippen LogP contribution in [0.4, 0.5) is 11.4 Å². The molecule has 2 aromatic rings. The van der Waals surface area contributed by atoms with E-state index in [-0.39, 0.29) is 11.7 Å². The van der Waals surface area contributed by atoms with Crippen LogP contribution in [-0.2, 0) is 4.79 Å². The molecule has 1 N–H and O–H groups in total. The van der Waals surface area contributed by atoms with E-state index < -0.39 is 0 Å². The molecule has 1 aliphatic heterocycles. The normalized spacial score (nSPS) is 13.4. The van der Waals surface area contributed by atoms with Crippen LogP contribution in [-0.4, -0.2) is 5.78 Å². The van der Waals surface area contributed by atoms with Crippen molar-refractivity contribution < 1.29 is 4.79 Å². The van der Waals surface area contributed by atoms with Gasteiger partial charge < -0.3 is 5.32 Å². The molecule has 0 bridgehead atoms. The van der Waals surface area contributed by atoms with Crippen LogP contribution in [0.25, 0.3) is 0 Å². The van der Waals surface area contributed by atoms with Crippen molar-refractivity contribution >= 4 is 17.2 Å². The number of para-hydroxylation sites is 2. The topological polar surface area (TPSA) is 29.1 Å². The molecule has 0 saturated carbocycles. The molecular formula is C16H15NO. The number of hydrogen-bond acceptors (Lipinski definition) is 2. The first-order valence-corrected chi connectivity index (χ1v) is 6.29. The third-order valence-corrected chi connectivity index (χ3v) is 3.48. The lowest BCUT2D eigenvalue weighted by atomic mass is 9.82. The van der Waals surface area contributed by atoms with Crippen LogP contribution in [0.5, 0.6) is 0 Å². The lowest BCUT2D eigenvalue weighted by molar-refractivity contribution is -0.119. The molecule has 1 aliphatic rings. The lowest BCUT2D eigenvalue weighted by Gasteiger charge is -2.28. The average Bonchev–Trinajstić information content (AvgIpc) is 2.44. The Morgan fingerprint density at radius 3 is 2.00 bits per heavy atom. The van der Waals surface area contributed by atoms with Gasteiger partial charge in [0, 0.05) is 17.8 Å². The van der Waals surface area contributed by atoms with Crippen LogP contribution in [0.3, 0.4) is 0 Å². The first-order chi connectivity index (χ1) is 8.81. The van der Waals surface area contributed by atoms with E-state index in [9.17, 15) is 4.79 Å². The summed E-state index contributed by atoms with van der Waals surface area (Å²) in [6.07, 6.45) is 0.563. The predicted octanol–water partition coefficient (Wildman–Crippen LogP) is 3.85. The number of fused-ring (bicyclic) bond motifs is 2. The van der Waals surface area contributed by atoms with Crippen LogP contribution in [0, 0.1) is 0 Å². The molecule has 2 nitrogen and oxygen atoms in total. The summed E-state index contributed by atoms with van der Waals surface area (Å²) >= 11 is 0. The van der Waals surface area contributed by atoms with Gasteiger partial charge in [0.2, 0.25) is 0 Å². The molecule has 0 spiro atoms. The lowest BCUT2D eigenvalue weighted by Crippen LogP contribution is -2.19. The van der Waals surface area contributed by atoms with Gasteiger partial charge in [0.25, 0.3) is 0 Å². The number of ketones is 1. The molecule has 0 aromatic heterocycles. The van der Waals surface area contributed by atoms with Crippen LogP contribution >= 0.6 is 0 Å². The van der Waals surface area contributed by atoms with Gasteiger partial charge in [0.1, 0.15) is 5.78 Å². The second-order valence-electron chi connectivity index (χ2n) is 4.55. The van der Waals surface area contributed by atoms with Crippen molar-refractivity contribution in [2.45, 2.75) is 19.3 Å². The molecule has 0 fully saturated rings. The van der Waals surface area contributed by atoms with E-state index in [4.69, 9.17) is 0 Å². The minimum absolute atomic E-state index is 0.122. The molecule has 0 unspecified atom stereocenters. The van der Waals surface area contributed by atoms with E-state index >= 15 is 0 Å². The Morgan fingerprint density at radius 2 is 1.50 bits per heavy atom. The molecular weight excluding hydrogens is 222 g/mol. The van der Waals surface area contributed by atoms with E-state index in [1.54, 1.807) is 0 Å². The Bertz CT molecular complexity index is 558. The van der Waals surface area contributed by atoms with Gasteiger partial charge in [0.15, 0.2) is 0 Å². The Hall–Kier alpha value is -2.09. The Labute approximate surface area is 107 Å². The highest BCUT2D eigenvalue weighted by atomic mass is 16.1. The summed E-state index contributed by atoms with van der Waals surface area (Å²) < 4.78 is 0. The van der Waals surface area contributed by atoms with Crippen molar-refractivity contribution in [2.75, 3.05) is 5.32 Å². The number of nitrogens with one attached hydrogen (secondary N) is 1. The van der Waals surface area contributed by atoms with E-state index in [0.717, 1.165) is 22.5 Å². The first-order valence-electron chi connectivity index (χ1n) is 6.29. The highest BCUT2D eigenvalue weighted by molar-refractivity contribution is 5.94. The fraction of sp³-hybridized carbons (Fsp3) is 0.188. The van der Waals surface area contributed by atoms with Gasteiger partial charge in [-0.05, 0) is 23.3 Å². The van der Waals surface area contributed by atoms with Gasteiger partial charge in [-0.25, -0.2) is 0 Å². The smallest absolute Gasteiger partial charge is 0.144 e. The number of Topliss-reactive ketones (excluding diaryl/α,β-unsaturated/α-hetero) is 1. The zero-order chi connectivity index (χ0) is 12.5. The average molecular weight is 237 g/mol.